The number of thioether (sulfide) groups is 1. The lowest BCUT2D eigenvalue weighted by molar-refractivity contribution is 0.102. The highest BCUT2D eigenvalue weighted by Gasteiger charge is 2.17. The predicted molar refractivity (Wildman–Crippen MR) is 77.9 cm³/mol. The summed E-state index contributed by atoms with van der Waals surface area (Å²) < 4.78 is 5.16. The number of hydrogen-bond acceptors (Lipinski definition) is 5. The molecule has 0 unspecified atom stereocenters. The monoisotopic (exact) mass is 287 g/mol. The minimum atomic E-state index is -0.232. The van der Waals surface area contributed by atoms with Gasteiger partial charge in [0.25, 0.3) is 5.91 Å². The number of benzene rings is 1. The van der Waals surface area contributed by atoms with Gasteiger partial charge in [0, 0.05) is 23.1 Å². The van der Waals surface area contributed by atoms with Gasteiger partial charge in [-0.25, -0.2) is 0 Å². The molecule has 0 fully saturated rings. The predicted octanol–water partition coefficient (Wildman–Crippen LogP) is 3.06. The molecular weight excluding hydrogens is 274 g/mol. The van der Waals surface area contributed by atoms with Gasteiger partial charge in [0.15, 0.2) is 0 Å². The topological polar surface area (TPSA) is 68.0 Å². The van der Waals surface area contributed by atoms with Crippen LogP contribution in [0.2, 0.25) is 0 Å². The van der Waals surface area contributed by atoms with E-state index in [4.69, 9.17) is 4.42 Å². The second-order valence-corrected chi connectivity index (χ2v) is 5.48. The van der Waals surface area contributed by atoms with Crippen molar-refractivity contribution in [3.63, 3.8) is 0 Å². The molecule has 1 N–H and O–H groups in total. The molecule has 1 aromatic heterocycles. The summed E-state index contributed by atoms with van der Waals surface area (Å²) in [7, 11) is 0. The first kappa shape index (κ1) is 12.9. The van der Waals surface area contributed by atoms with E-state index in [1.165, 1.54) is 0 Å². The quantitative estimate of drug-likeness (QED) is 0.919. The van der Waals surface area contributed by atoms with E-state index in [9.17, 15) is 4.79 Å². The van der Waals surface area contributed by atoms with Crippen LogP contribution in [-0.4, -0.2) is 21.9 Å². The Bertz CT molecular complexity index is 706. The molecule has 3 rings (SSSR count). The number of carbonyl (C=O) groups is 1. The van der Waals surface area contributed by atoms with Crippen LogP contribution in [0.1, 0.15) is 27.4 Å². The maximum atomic E-state index is 12.3. The third kappa shape index (κ3) is 2.34. The van der Waals surface area contributed by atoms with Crippen LogP contribution in [0.5, 0.6) is 0 Å². The van der Waals surface area contributed by atoms with Crippen LogP contribution in [0.25, 0.3) is 6.08 Å². The van der Waals surface area contributed by atoms with Crippen LogP contribution in [0.3, 0.4) is 0 Å². The molecule has 0 spiro atoms. The summed E-state index contributed by atoms with van der Waals surface area (Å²) >= 11 is 1.74. The zero-order chi connectivity index (χ0) is 14.1. The fourth-order valence-electron chi connectivity index (χ4n) is 2.10. The van der Waals surface area contributed by atoms with E-state index in [1.54, 1.807) is 18.7 Å². The average molecular weight is 287 g/mol. The van der Waals surface area contributed by atoms with Crippen molar-refractivity contribution < 1.29 is 9.21 Å². The molecule has 0 atom stereocenters. The zero-order valence-electron chi connectivity index (χ0n) is 11.1. The number of anilines is 1. The van der Waals surface area contributed by atoms with Crippen molar-refractivity contribution in [1.29, 1.82) is 0 Å². The molecule has 0 saturated heterocycles. The molecule has 2 aromatic rings. The van der Waals surface area contributed by atoms with Crippen molar-refractivity contribution in [3.05, 3.63) is 40.8 Å². The van der Waals surface area contributed by atoms with Gasteiger partial charge in [-0.2, -0.15) is 0 Å². The lowest BCUT2D eigenvalue weighted by atomic mass is 10.0. The molecule has 0 aliphatic carbocycles. The highest BCUT2D eigenvalue weighted by Crippen LogP contribution is 2.33. The number of fused-ring (bicyclic) bond motifs is 1. The fraction of sp³-hybridized carbons (Fsp3) is 0.214. The summed E-state index contributed by atoms with van der Waals surface area (Å²) in [5, 5.41) is 10.1. The molecule has 1 aliphatic heterocycles. The Morgan fingerprint density at radius 3 is 2.95 bits per heavy atom. The Kier molecular flexibility index (Phi) is 3.31. The van der Waals surface area contributed by atoms with Crippen LogP contribution in [0.4, 0.5) is 6.01 Å². The van der Waals surface area contributed by atoms with Crippen molar-refractivity contribution in [3.8, 4) is 0 Å². The SMILES string of the molecule is Cc1nnc(NC(=O)c2ccc3c(c2C)SCC=C3)o1. The summed E-state index contributed by atoms with van der Waals surface area (Å²) in [6.07, 6.45) is 4.20. The lowest BCUT2D eigenvalue weighted by Gasteiger charge is -2.15. The molecule has 6 heteroatoms. The smallest absolute Gasteiger partial charge is 0.322 e. The highest BCUT2D eigenvalue weighted by molar-refractivity contribution is 7.99. The summed E-state index contributed by atoms with van der Waals surface area (Å²) in [6, 6.07) is 3.90. The van der Waals surface area contributed by atoms with Crippen LogP contribution in [0.15, 0.2) is 27.5 Å². The maximum Gasteiger partial charge on any atom is 0.322 e. The second kappa shape index (κ2) is 5.13. The van der Waals surface area contributed by atoms with Crippen molar-refractivity contribution in [2.75, 3.05) is 11.1 Å². The van der Waals surface area contributed by atoms with Crippen molar-refractivity contribution in [1.82, 2.24) is 10.2 Å². The van der Waals surface area contributed by atoms with E-state index >= 15 is 0 Å². The van der Waals surface area contributed by atoms with E-state index < -0.39 is 0 Å². The molecule has 102 valence electrons. The summed E-state index contributed by atoms with van der Waals surface area (Å²) in [4.78, 5) is 13.4. The van der Waals surface area contributed by atoms with Gasteiger partial charge in [-0.05, 0) is 24.1 Å². The standard InChI is InChI=1S/C14H13N3O2S/c1-8-11(6-5-10-4-3-7-20-12(8)10)13(18)15-14-17-16-9(2)19-14/h3-6H,7H2,1-2H3,(H,15,17,18). The number of nitrogens with zero attached hydrogens (tertiary/aromatic N) is 2. The van der Waals surface area contributed by atoms with Gasteiger partial charge in [0.1, 0.15) is 0 Å². The highest BCUT2D eigenvalue weighted by atomic mass is 32.2. The Morgan fingerprint density at radius 2 is 2.20 bits per heavy atom. The Hall–Kier alpha value is -2.08. The lowest BCUT2D eigenvalue weighted by Crippen LogP contribution is -2.14. The number of aryl methyl sites for hydroxylation is 1. The van der Waals surface area contributed by atoms with Crippen LogP contribution >= 0.6 is 11.8 Å². The third-order valence-electron chi connectivity index (χ3n) is 3.05. The molecule has 5 nitrogen and oxygen atoms in total. The molecule has 20 heavy (non-hydrogen) atoms. The molecule has 0 saturated carbocycles. The van der Waals surface area contributed by atoms with Gasteiger partial charge < -0.3 is 4.42 Å². The largest absolute Gasteiger partial charge is 0.408 e. The molecular formula is C14H13N3O2S. The second-order valence-electron chi connectivity index (χ2n) is 4.45. The number of carbonyl (C=O) groups excluding carboxylic acids is 1. The van der Waals surface area contributed by atoms with Crippen molar-refractivity contribution in [2.24, 2.45) is 0 Å². The zero-order valence-corrected chi connectivity index (χ0v) is 12.0. The fourth-order valence-corrected chi connectivity index (χ4v) is 3.09. The molecule has 0 bridgehead atoms. The molecule has 2 heterocycles. The Balaban J connectivity index is 1.90. The number of aromatic nitrogens is 2. The van der Waals surface area contributed by atoms with Crippen molar-refractivity contribution in [2.45, 2.75) is 18.7 Å². The van der Waals surface area contributed by atoms with Crippen LogP contribution in [0, 0.1) is 13.8 Å². The summed E-state index contributed by atoms with van der Waals surface area (Å²) in [5.74, 6) is 1.12. The molecule has 1 amide bonds. The first-order valence-electron chi connectivity index (χ1n) is 6.19. The van der Waals surface area contributed by atoms with Gasteiger partial charge in [-0.3, -0.25) is 10.1 Å². The van der Waals surface area contributed by atoms with E-state index in [2.05, 4.69) is 27.7 Å². The number of hydrogen-bond donors (Lipinski definition) is 1. The van der Waals surface area contributed by atoms with Gasteiger partial charge in [-0.15, -0.1) is 16.9 Å². The number of nitrogens with one attached hydrogen (secondary N) is 1. The average Bonchev–Trinajstić information content (AvgIpc) is 2.84. The van der Waals surface area contributed by atoms with Gasteiger partial charge in [-0.1, -0.05) is 23.3 Å². The number of rotatable bonds is 2. The van der Waals surface area contributed by atoms with E-state index in [1.807, 2.05) is 19.1 Å². The Labute approximate surface area is 120 Å². The van der Waals surface area contributed by atoms with Gasteiger partial charge in [0.05, 0.1) is 0 Å². The third-order valence-corrected chi connectivity index (χ3v) is 4.24. The minimum Gasteiger partial charge on any atom is -0.408 e. The molecule has 0 radical (unpaired) electrons. The van der Waals surface area contributed by atoms with Gasteiger partial charge in [0.2, 0.25) is 5.89 Å². The Morgan fingerprint density at radius 1 is 1.35 bits per heavy atom. The maximum absolute atomic E-state index is 12.3. The first-order valence-corrected chi connectivity index (χ1v) is 7.18. The normalized spacial score (nSPS) is 13.1. The van der Waals surface area contributed by atoms with Crippen LogP contribution in [-0.2, 0) is 0 Å². The van der Waals surface area contributed by atoms with Crippen molar-refractivity contribution >= 4 is 29.8 Å². The van der Waals surface area contributed by atoms with Crippen LogP contribution < -0.4 is 5.32 Å². The first-order chi connectivity index (χ1) is 9.65. The molecule has 1 aromatic carbocycles. The van der Waals surface area contributed by atoms with Gasteiger partial charge >= 0.3 is 6.01 Å². The summed E-state index contributed by atoms with van der Waals surface area (Å²) in [6.45, 7) is 3.63. The number of amides is 1. The van der Waals surface area contributed by atoms with E-state index in [-0.39, 0.29) is 11.9 Å². The minimum absolute atomic E-state index is 0.122. The summed E-state index contributed by atoms with van der Waals surface area (Å²) in [5.41, 5.74) is 2.76. The van der Waals surface area contributed by atoms with E-state index in [0.29, 0.717) is 11.5 Å². The van der Waals surface area contributed by atoms with E-state index in [0.717, 1.165) is 21.8 Å². The molecule has 1 aliphatic rings.